The highest BCUT2D eigenvalue weighted by atomic mass is 19.1. The molecule has 0 radical (unpaired) electrons. The van der Waals surface area contributed by atoms with Gasteiger partial charge < -0.3 is 25.4 Å². The van der Waals surface area contributed by atoms with Gasteiger partial charge in [-0.1, -0.05) is 0 Å². The number of nitrogens with zero attached hydrogens (tertiary/aromatic N) is 1. The van der Waals surface area contributed by atoms with Gasteiger partial charge >= 0.3 is 0 Å². The van der Waals surface area contributed by atoms with Crippen LogP contribution in [0.3, 0.4) is 0 Å². The van der Waals surface area contributed by atoms with Gasteiger partial charge in [0.25, 0.3) is 5.91 Å². The molecule has 0 spiro atoms. The summed E-state index contributed by atoms with van der Waals surface area (Å²) in [6.45, 7) is 3.34. The first-order valence-corrected chi connectivity index (χ1v) is 13.1. The third kappa shape index (κ3) is 5.32. The molecule has 1 saturated carbocycles. The number of aryl methyl sites for hydroxylation is 2. The third-order valence-corrected chi connectivity index (χ3v) is 7.26. The van der Waals surface area contributed by atoms with Crippen LogP contribution in [0.4, 0.5) is 20.2 Å². The fourth-order valence-electron chi connectivity index (χ4n) is 4.77. The summed E-state index contributed by atoms with van der Waals surface area (Å²) in [5.74, 6) is -2.17. The zero-order valence-electron chi connectivity index (χ0n) is 23.4. The number of halogens is 2. The maximum atomic E-state index is 15.2. The number of amides is 3. The first kappa shape index (κ1) is 28.5. The predicted octanol–water partition coefficient (Wildman–Crippen LogP) is 5.65. The smallest absolute Gasteiger partial charge is 0.254 e. The molecule has 1 heterocycles. The fraction of sp³-hybridized carbons (Fsp3) is 0.226. The minimum Gasteiger partial charge on any atom is -0.496 e. The molecule has 9 nitrogen and oxygen atoms in total. The Bertz CT molecular complexity index is 1730. The SMILES string of the molecule is CNC(=O)c1cc2c(Oc3ccc(NC(=O)C4(C(=O)Nc5c(C)cc(F)cc5C)CC4)cc3F)ccnc2cc1OC. The highest BCUT2D eigenvalue weighted by Crippen LogP contribution is 2.48. The molecule has 0 atom stereocenters. The zero-order valence-corrected chi connectivity index (χ0v) is 23.4. The van der Waals surface area contributed by atoms with Gasteiger partial charge in [0.1, 0.15) is 22.7 Å². The highest BCUT2D eigenvalue weighted by Gasteiger charge is 2.56. The number of carbonyl (C=O) groups is 3. The van der Waals surface area contributed by atoms with Crippen LogP contribution in [-0.2, 0) is 9.59 Å². The average molecular weight is 575 g/mol. The maximum Gasteiger partial charge on any atom is 0.254 e. The standard InChI is InChI=1S/C31H28F2N4O5/c1-16-11-18(32)12-17(2)27(16)37-30(40)31(8-9-31)29(39)36-19-5-6-25(22(33)13-19)42-24-7-10-35-23-15-26(41-4)21(14-20(23)24)28(38)34-3/h5-7,10-15H,8-9H2,1-4H3,(H,34,38)(H,36,39)(H,37,40). The summed E-state index contributed by atoms with van der Waals surface area (Å²) in [5, 5.41) is 8.40. The predicted molar refractivity (Wildman–Crippen MR) is 153 cm³/mol. The molecule has 0 aliphatic heterocycles. The van der Waals surface area contributed by atoms with Crippen LogP contribution in [0.15, 0.2) is 54.7 Å². The van der Waals surface area contributed by atoms with Crippen LogP contribution in [0.1, 0.15) is 34.3 Å². The first-order valence-electron chi connectivity index (χ1n) is 13.1. The van der Waals surface area contributed by atoms with E-state index in [0.29, 0.717) is 46.3 Å². The fourth-order valence-corrected chi connectivity index (χ4v) is 4.77. The Balaban J connectivity index is 1.33. The summed E-state index contributed by atoms with van der Waals surface area (Å²) < 4.78 is 40.0. The summed E-state index contributed by atoms with van der Waals surface area (Å²) in [7, 11) is 2.93. The van der Waals surface area contributed by atoms with E-state index >= 15 is 4.39 Å². The highest BCUT2D eigenvalue weighted by molar-refractivity contribution is 6.17. The largest absolute Gasteiger partial charge is 0.496 e. The lowest BCUT2D eigenvalue weighted by atomic mass is 10.0. The van der Waals surface area contributed by atoms with Gasteiger partial charge in [-0.25, -0.2) is 8.78 Å². The monoisotopic (exact) mass is 574 g/mol. The maximum absolute atomic E-state index is 15.2. The Morgan fingerprint density at radius 3 is 2.19 bits per heavy atom. The number of aromatic nitrogens is 1. The number of rotatable bonds is 8. The molecular weight excluding hydrogens is 546 g/mol. The van der Waals surface area contributed by atoms with Crippen LogP contribution in [0.2, 0.25) is 0 Å². The van der Waals surface area contributed by atoms with Crippen molar-refractivity contribution in [3.8, 4) is 17.2 Å². The van der Waals surface area contributed by atoms with E-state index in [4.69, 9.17) is 9.47 Å². The topological polar surface area (TPSA) is 119 Å². The molecule has 11 heteroatoms. The van der Waals surface area contributed by atoms with E-state index < -0.39 is 28.9 Å². The molecule has 1 aromatic heterocycles. The van der Waals surface area contributed by atoms with Crippen LogP contribution in [0, 0.1) is 30.9 Å². The number of hydrogen-bond donors (Lipinski definition) is 3. The number of anilines is 2. The minimum atomic E-state index is -1.31. The summed E-state index contributed by atoms with van der Waals surface area (Å²) in [4.78, 5) is 42.8. The second kappa shape index (κ2) is 11.1. The number of nitrogens with one attached hydrogen (secondary N) is 3. The molecular formula is C31H28F2N4O5. The van der Waals surface area contributed by atoms with E-state index in [1.165, 1.54) is 50.7 Å². The van der Waals surface area contributed by atoms with Crippen molar-refractivity contribution in [1.82, 2.24) is 10.3 Å². The Labute approximate surface area is 240 Å². The summed E-state index contributed by atoms with van der Waals surface area (Å²) >= 11 is 0. The first-order chi connectivity index (χ1) is 20.1. The molecule has 1 aliphatic carbocycles. The number of methoxy groups -OCH3 is 1. The van der Waals surface area contributed by atoms with Crippen molar-refractivity contribution >= 4 is 40.0 Å². The molecule has 216 valence electrons. The number of fused-ring (bicyclic) bond motifs is 1. The van der Waals surface area contributed by atoms with Crippen LogP contribution in [0.5, 0.6) is 17.2 Å². The average Bonchev–Trinajstić information content (AvgIpc) is 3.78. The van der Waals surface area contributed by atoms with Crippen molar-refractivity contribution in [1.29, 1.82) is 0 Å². The van der Waals surface area contributed by atoms with Crippen LogP contribution in [0.25, 0.3) is 10.9 Å². The quantitative estimate of drug-likeness (QED) is 0.234. The zero-order chi connectivity index (χ0) is 30.2. The van der Waals surface area contributed by atoms with Gasteiger partial charge in [-0.2, -0.15) is 0 Å². The van der Waals surface area contributed by atoms with E-state index in [1.54, 1.807) is 26.0 Å². The number of ether oxygens (including phenoxy) is 2. The molecule has 4 aromatic rings. The summed E-state index contributed by atoms with van der Waals surface area (Å²) in [6, 6.07) is 11.2. The van der Waals surface area contributed by atoms with E-state index in [0.717, 1.165) is 6.07 Å². The van der Waals surface area contributed by atoms with Gasteiger partial charge in [0.15, 0.2) is 11.6 Å². The van der Waals surface area contributed by atoms with Gasteiger partial charge in [-0.3, -0.25) is 19.4 Å². The van der Waals surface area contributed by atoms with E-state index in [2.05, 4.69) is 20.9 Å². The lowest BCUT2D eigenvalue weighted by molar-refractivity contribution is -0.131. The van der Waals surface area contributed by atoms with E-state index in [-0.39, 0.29) is 28.7 Å². The number of hydrogen-bond acceptors (Lipinski definition) is 6. The van der Waals surface area contributed by atoms with Gasteiger partial charge in [-0.15, -0.1) is 0 Å². The number of benzene rings is 3. The molecule has 0 bridgehead atoms. The molecule has 0 unspecified atom stereocenters. The lowest BCUT2D eigenvalue weighted by Crippen LogP contribution is -2.36. The van der Waals surface area contributed by atoms with Crippen LogP contribution < -0.4 is 25.4 Å². The van der Waals surface area contributed by atoms with Crippen molar-refractivity contribution in [3.05, 3.63) is 83.1 Å². The molecule has 3 N–H and O–H groups in total. The lowest BCUT2D eigenvalue weighted by Gasteiger charge is -2.18. The molecule has 42 heavy (non-hydrogen) atoms. The molecule has 0 saturated heterocycles. The molecule has 3 aromatic carbocycles. The third-order valence-electron chi connectivity index (χ3n) is 7.26. The molecule has 1 fully saturated rings. The van der Waals surface area contributed by atoms with Gasteiger partial charge in [0.2, 0.25) is 11.8 Å². The van der Waals surface area contributed by atoms with Gasteiger partial charge in [-0.05, 0) is 74.2 Å². The molecule has 3 amide bonds. The van der Waals surface area contributed by atoms with Crippen molar-refractivity contribution in [2.75, 3.05) is 24.8 Å². The normalized spacial score (nSPS) is 13.3. The summed E-state index contributed by atoms with van der Waals surface area (Å²) in [6.07, 6.45) is 2.13. The Kier molecular flexibility index (Phi) is 7.51. The van der Waals surface area contributed by atoms with Crippen LogP contribution in [-0.4, -0.2) is 36.9 Å². The number of pyridine rings is 1. The van der Waals surface area contributed by atoms with E-state index in [9.17, 15) is 18.8 Å². The van der Waals surface area contributed by atoms with Crippen LogP contribution >= 0.6 is 0 Å². The number of carbonyl (C=O) groups excluding carboxylic acids is 3. The second-order valence-electron chi connectivity index (χ2n) is 10.1. The molecule has 1 aliphatic rings. The van der Waals surface area contributed by atoms with Crippen molar-refractivity contribution in [3.63, 3.8) is 0 Å². The van der Waals surface area contributed by atoms with Gasteiger partial charge in [0, 0.05) is 42.1 Å². The Morgan fingerprint density at radius 2 is 1.57 bits per heavy atom. The van der Waals surface area contributed by atoms with E-state index in [1.807, 2.05) is 0 Å². The van der Waals surface area contributed by atoms with Crippen molar-refractivity contribution in [2.24, 2.45) is 5.41 Å². The minimum absolute atomic E-state index is 0.126. The summed E-state index contributed by atoms with van der Waals surface area (Å²) in [5.41, 5.74) is 1.11. The second-order valence-corrected chi connectivity index (χ2v) is 10.1. The van der Waals surface area contributed by atoms with Gasteiger partial charge in [0.05, 0.1) is 18.2 Å². The Hall–Kier alpha value is -5.06. The van der Waals surface area contributed by atoms with Crippen molar-refractivity contribution in [2.45, 2.75) is 26.7 Å². The molecule has 5 rings (SSSR count). The van der Waals surface area contributed by atoms with Crippen molar-refractivity contribution < 1.29 is 32.6 Å². The Morgan fingerprint density at radius 1 is 0.881 bits per heavy atom.